The Morgan fingerprint density at radius 3 is 2.42 bits per heavy atom. The van der Waals surface area contributed by atoms with E-state index >= 15 is 0 Å². The number of aryl methyl sites for hydroxylation is 1. The monoisotopic (exact) mass is 343 g/mol. The molecule has 2 saturated heterocycles. The predicted octanol–water partition coefficient (Wildman–Crippen LogP) is 4.14. The highest BCUT2D eigenvalue weighted by atomic mass is 32.1. The topological polar surface area (TPSA) is 27.3 Å². The third kappa shape index (κ3) is 3.31. The number of fused-ring (bicyclic) bond motifs is 2. The first kappa shape index (κ1) is 16.3. The van der Waals surface area contributed by atoms with Gasteiger partial charge in [0.25, 0.3) is 0 Å². The van der Waals surface area contributed by atoms with Crippen molar-refractivity contribution in [3.05, 3.63) is 29.3 Å². The van der Waals surface area contributed by atoms with Crippen molar-refractivity contribution >= 4 is 23.0 Å². The number of piperidine rings is 2. The predicted molar refractivity (Wildman–Crippen MR) is 105 cm³/mol. The largest absolute Gasteiger partial charge is 0.360 e. The second-order valence-corrected chi connectivity index (χ2v) is 8.34. The Morgan fingerprint density at radius 1 is 1.04 bits per heavy atom. The summed E-state index contributed by atoms with van der Waals surface area (Å²) in [6.45, 7) is 4.30. The number of anilines is 1. The number of nitrogens with zero attached hydrogens (tertiary/aromatic N) is 1. The molecule has 0 aromatic heterocycles. The van der Waals surface area contributed by atoms with Crippen molar-refractivity contribution < 1.29 is 0 Å². The summed E-state index contributed by atoms with van der Waals surface area (Å²) in [7, 11) is 0. The van der Waals surface area contributed by atoms with Gasteiger partial charge in [-0.25, -0.2) is 0 Å². The summed E-state index contributed by atoms with van der Waals surface area (Å²) in [4.78, 5) is 2.86. The zero-order valence-corrected chi connectivity index (χ0v) is 15.7. The zero-order chi connectivity index (χ0) is 16.7. The molecule has 1 aromatic rings. The molecule has 0 spiro atoms. The average Bonchev–Trinajstić information content (AvgIpc) is 3.35. The number of rotatable bonds is 3. The van der Waals surface area contributed by atoms with Crippen LogP contribution in [0, 0.1) is 13.8 Å². The van der Waals surface area contributed by atoms with Crippen LogP contribution in [0.5, 0.6) is 0 Å². The minimum absolute atomic E-state index is 0.528. The first-order chi connectivity index (χ1) is 11.6. The number of hydrogen-bond acceptors (Lipinski definition) is 2. The second-order valence-electron chi connectivity index (χ2n) is 7.93. The van der Waals surface area contributed by atoms with E-state index in [0.29, 0.717) is 6.04 Å². The van der Waals surface area contributed by atoms with Crippen molar-refractivity contribution in [3.8, 4) is 0 Å². The Kier molecular flexibility index (Phi) is 4.52. The molecule has 2 aliphatic heterocycles. The van der Waals surface area contributed by atoms with E-state index in [1.165, 1.54) is 56.1 Å². The van der Waals surface area contributed by atoms with E-state index in [-0.39, 0.29) is 0 Å². The first-order valence-corrected chi connectivity index (χ1v) is 9.94. The van der Waals surface area contributed by atoms with Gasteiger partial charge in [0, 0.05) is 29.9 Å². The molecule has 2 N–H and O–H groups in total. The summed E-state index contributed by atoms with van der Waals surface area (Å²) in [6, 6.07) is 9.34. The number of thiocarbonyl (C=S) groups is 1. The number of nitrogens with one attached hydrogen (secondary N) is 2. The third-order valence-corrected chi connectivity index (χ3v) is 6.41. The van der Waals surface area contributed by atoms with E-state index in [1.807, 2.05) is 0 Å². The minimum Gasteiger partial charge on any atom is -0.360 e. The summed E-state index contributed by atoms with van der Waals surface area (Å²) in [5.41, 5.74) is 3.71. The van der Waals surface area contributed by atoms with Gasteiger partial charge in [0.05, 0.1) is 0 Å². The van der Waals surface area contributed by atoms with Gasteiger partial charge in [-0.2, -0.15) is 0 Å². The SMILES string of the molecule is Cc1cccc(NC(=S)NC2CC3CCCC(C2)N3C2CC2)c1C. The second kappa shape index (κ2) is 6.64. The Hall–Kier alpha value is -1.13. The van der Waals surface area contributed by atoms with E-state index < -0.39 is 0 Å². The maximum Gasteiger partial charge on any atom is 0.171 e. The standard InChI is InChI=1S/C20H29N3S/c1-13-5-3-8-19(14(13)2)22-20(24)21-15-11-17-6-4-7-18(12-15)23(17)16-9-10-16/h3,5,8,15-18H,4,6-7,9-12H2,1-2H3,(H2,21,22,24). The van der Waals surface area contributed by atoms with Crippen molar-refractivity contribution in [2.75, 3.05) is 5.32 Å². The Labute approximate surface area is 151 Å². The lowest BCUT2D eigenvalue weighted by atomic mass is 9.81. The molecule has 0 radical (unpaired) electrons. The van der Waals surface area contributed by atoms with Gasteiger partial charge in [0.1, 0.15) is 0 Å². The molecule has 1 aromatic carbocycles. The third-order valence-electron chi connectivity index (χ3n) is 6.19. The van der Waals surface area contributed by atoms with Crippen LogP contribution >= 0.6 is 12.2 Å². The maximum absolute atomic E-state index is 5.61. The molecule has 2 bridgehead atoms. The van der Waals surface area contributed by atoms with Crippen LogP contribution in [0.3, 0.4) is 0 Å². The fraction of sp³-hybridized carbons (Fsp3) is 0.650. The summed E-state index contributed by atoms with van der Waals surface area (Å²) < 4.78 is 0. The van der Waals surface area contributed by atoms with E-state index in [1.54, 1.807) is 0 Å². The van der Waals surface area contributed by atoms with Crippen LogP contribution in [0.25, 0.3) is 0 Å². The van der Waals surface area contributed by atoms with E-state index in [9.17, 15) is 0 Å². The van der Waals surface area contributed by atoms with Gasteiger partial charge in [0.2, 0.25) is 0 Å². The van der Waals surface area contributed by atoms with Gasteiger partial charge >= 0.3 is 0 Å². The zero-order valence-electron chi connectivity index (χ0n) is 14.8. The lowest BCUT2D eigenvalue weighted by Gasteiger charge is -2.49. The van der Waals surface area contributed by atoms with Crippen LogP contribution in [0.1, 0.15) is 56.1 Å². The molecule has 0 amide bonds. The van der Waals surface area contributed by atoms with Crippen LogP contribution in [-0.2, 0) is 0 Å². The molecule has 3 nitrogen and oxygen atoms in total. The van der Waals surface area contributed by atoms with E-state index in [4.69, 9.17) is 12.2 Å². The summed E-state index contributed by atoms with van der Waals surface area (Å²) in [5.74, 6) is 0. The molecule has 4 heteroatoms. The lowest BCUT2D eigenvalue weighted by Crippen LogP contribution is -2.57. The summed E-state index contributed by atoms with van der Waals surface area (Å²) >= 11 is 5.61. The van der Waals surface area contributed by atoms with Gasteiger partial charge in [-0.1, -0.05) is 18.6 Å². The molecule has 3 fully saturated rings. The molecular weight excluding hydrogens is 314 g/mol. The quantitative estimate of drug-likeness (QED) is 0.807. The Bertz CT molecular complexity index is 611. The average molecular weight is 344 g/mol. The Morgan fingerprint density at radius 2 is 1.75 bits per heavy atom. The fourth-order valence-corrected chi connectivity index (χ4v) is 5.01. The smallest absolute Gasteiger partial charge is 0.171 e. The van der Waals surface area contributed by atoms with Crippen LogP contribution in [0.4, 0.5) is 5.69 Å². The maximum atomic E-state index is 5.61. The highest BCUT2D eigenvalue weighted by Crippen LogP contribution is 2.41. The Balaban J connectivity index is 1.37. The lowest BCUT2D eigenvalue weighted by molar-refractivity contribution is 0.0209. The molecule has 1 saturated carbocycles. The van der Waals surface area contributed by atoms with E-state index in [0.717, 1.165) is 28.9 Å². The van der Waals surface area contributed by atoms with Gasteiger partial charge < -0.3 is 10.6 Å². The van der Waals surface area contributed by atoms with Gasteiger partial charge in [-0.15, -0.1) is 0 Å². The highest BCUT2D eigenvalue weighted by Gasteiger charge is 2.44. The van der Waals surface area contributed by atoms with Crippen LogP contribution in [0.2, 0.25) is 0 Å². The van der Waals surface area contributed by atoms with Crippen molar-refractivity contribution in [2.24, 2.45) is 0 Å². The van der Waals surface area contributed by atoms with Gasteiger partial charge in [0.15, 0.2) is 5.11 Å². The molecule has 2 atom stereocenters. The highest BCUT2D eigenvalue weighted by molar-refractivity contribution is 7.80. The molecule has 1 aliphatic carbocycles. The van der Waals surface area contributed by atoms with Gasteiger partial charge in [-0.05, 0) is 81.8 Å². The molecule has 24 heavy (non-hydrogen) atoms. The van der Waals surface area contributed by atoms with Gasteiger partial charge in [-0.3, -0.25) is 4.90 Å². The van der Waals surface area contributed by atoms with Crippen molar-refractivity contribution in [1.82, 2.24) is 10.2 Å². The molecule has 2 heterocycles. The minimum atomic E-state index is 0.528. The molecule has 4 rings (SSSR count). The summed E-state index contributed by atoms with van der Waals surface area (Å²) in [5, 5.41) is 7.82. The summed E-state index contributed by atoms with van der Waals surface area (Å²) in [6.07, 6.45) is 9.53. The first-order valence-electron chi connectivity index (χ1n) is 9.53. The molecule has 3 aliphatic rings. The van der Waals surface area contributed by atoms with E-state index in [2.05, 4.69) is 47.6 Å². The van der Waals surface area contributed by atoms with Crippen LogP contribution < -0.4 is 10.6 Å². The fourth-order valence-electron chi connectivity index (χ4n) is 4.73. The number of benzene rings is 1. The molecule has 2 unspecified atom stereocenters. The molecule has 130 valence electrons. The van der Waals surface area contributed by atoms with Crippen molar-refractivity contribution in [2.45, 2.75) is 83.0 Å². The van der Waals surface area contributed by atoms with Crippen molar-refractivity contribution in [3.63, 3.8) is 0 Å². The van der Waals surface area contributed by atoms with Crippen LogP contribution in [-0.4, -0.2) is 34.2 Å². The van der Waals surface area contributed by atoms with Crippen molar-refractivity contribution in [1.29, 1.82) is 0 Å². The molecular formula is C20H29N3S. The normalized spacial score (nSPS) is 30.0. The van der Waals surface area contributed by atoms with Crippen LogP contribution in [0.15, 0.2) is 18.2 Å². The number of hydrogen-bond donors (Lipinski definition) is 2.